The first-order chi connectivity index (χ1) is 9.06. The molecule has 1 saturated carbocycles. The standard InChI is InChI=1S/C15H21FN2O/c1-10-2-4-11(5-3-10)9-18-14-8-12(15(17)19)6-7-13(14)16/h6-8,10-11,18H,2-5,9H2,1H3,(H2,17,19). The van der Waals surface area contributed by atoms with Crippen molar-refractivity contribution >= 4 is 11.6 Å². The Morgan fingerprint density at radius 2 is 2.05 bits per heavy atom. The molecule has 104 valence electrons. The minimum absolute atomic E-state index is 0.334. The van der Waals surface area contributed by atoms with Crippen molar-refractivity contribution in [2.24, 2.45) is 17.6 Å². The fraction of sp³-hybridized carbons (Fsp3) is 0.533. The second-order valence-electron chi connectivity index (χ2n) is 5.57. The van der Waals surface area contributed by atoms with Crippen LogP contribution in [0, 0.1) is 17.7 Å². The SMILES string of the molecule is CC1CCC(CNc2cc(C(N)=O)ccc2F)CC1. The summed E-state index contributed by atoms with van der Waals surface area (Å²) in [6.45, 7) is 3.03. The quantitative estimate of drug-likeness (QED) is 0.877. The topological polar surface area (TPSA) is 55.1 Å². The van der Waals surface area contributed by atoms with Gasteiger partial charge in [0, 0.05) is 12.1 Å². The van der Waals surface area contributed by atoms with Crippen molar-refractivity contribution in [2.75, 3.05) is 11.9 Å². The summed E-state index contributed by atoms with van der Waals surface area (Å²) in [5, 5.41) is 3.11. The first kappa shape index (κ1) is 13.8. The maximum atomic E-state index is 13.6. The molecule has 0 unspecified atom stereocenters. The Kier molecular flexibility index (Phi) is 4.40. The van der Waals surface area contributed by atoms with Crippen LogP contribution in [0.4, 0.5) is 10.1 Å². The van der Waals surface area contributed by atoms with Gasteiger partial charge in [0.05, 0.1) is 5.69 Å². The van der Waals surface area contributed by atoms with Crippen LogP contribution in [0.2, 0.25) is 0 Å². The van der Waals surface area contributed by atoms with Gasteiger partial charge >= 0.3 is 0 Å². The highest BCUT2D eigenvalue weighted by molar-refractivity contribution is 5.93. The molecule has 0 atom stereocenters. The summed E-state index contributed by atoms with van der Waals surface area (Å²) >= 11 is 0. The van der Waals surface area contributed by atoms with Crippen LogP contribution in [0.25, 0.3) is 0 Å². The van der Waals surface area contributed by atoms with Crippen LogP contribution in [-0.4, -0.2) is 12.5 Å². The van der Waals surface area contributed by atoms with Crippen LogP contribution >= 0.6 is 0 Å². The molecule has 1 aromatic rings. The molecule has 1 amide bonds. The van der Waals surface area contributed by atoms with Gasteiger partial charge < -0.3 is 11.1 Å². The minimum Gasteiger partial charge on any atom is -0.382 e. The van der Waals surface area contributed by atoms with Gasteiger partial charge in [-0.25, -0.2) is 4.39 Å². The average Bonchev–Trinajstić information content (AvgIpc) is 2.39. The Hall–Kier alpha value is -1.58. The van der Waals surface area contributed by atoms with Crippen molar-refractivity contribution in [3.63, 3.8) is 0 Å². The highest BCUT2D eigenvalue weighted by Crippen LogP contribution is 2.28. The zero-order valence-electron chi connectivity index (χ0n) is 11.3. The lowest BCUT2D eigenvalue weighted by Gasteiger charge is -2.26. The Bertz CT molecular complexity index is 453. The van der Waals surface area contributed by atoms with E-state index in [9.17, 15) is 9.18 Å². The van der Waals surface area contributed by atoms with Crippen LogP contribution < -0.4 is 11.1 Å². The third-order valence-electron chi connectivity index (χ3n) is 3.97. The van der Waals surface area contributed by atoms with Crippen LogP contribution in [0.3, 0.4) is 0 Å². The highest BCUT2D eigenvalue weighted by atomic mass is 19.1. The van der Waals surface area contributed by atoms with Crippen molar-refractivity contribution in [3.8, 4) is 0 Å². The Balaban J connectivity index is 1.95. The summed E-state index contributed by atoms with van der Waals surface area (Å²) in [7, 11) is 0. The number of halogens is 1. The third kappa shape index (κ3) is 3.69. The van der Waals surface area contributed by atoms with Gasteiger partial charge in [0.15, 0.2) is 0 Å². The number of benzene rings is 1. The number of nitrogens with two attached hydrogens (primary N) is 1. The van der Waals surface area contributed by atoms with Gasteiger partial charge in [-0.2, -0.15) is 0 Å². The molecule has 1 aliphatic carbocycles. The number of hydrogen-bond acceptors (Lipinski definition) is 2. The van der Waals surface area contributed by atoms with Gasteiger partial charge in [-0.1, -0.05) is 19.8 Å². The largest absolute Gasteiger partial charge is 0.382 e. The number of rotatable bonds is 4. The zero-order chi connectivity index (χ0) is 13.8. The molecule has 0 spiro atoms. The fourth-order valence-corrected chi connectivity index (χ4v) is 2.60. The number of nitrogens with one attached hydrogen (secondary N) is 1. The maximum Gasteiger partial charge on any atom is 0.248 e. The van der Waals surface area contributed by atoms with Crippen molar-refractivity contribution in [1.29, 1.82) is 0 Å². The van der Waals surface area contributed by atoms with Gasteiger partial charge in [0.25, 0.3) is 0 Å². The second-order valence-corrected chi connectivity index (χ2v) is 5.57. The predicted octanol–water partition coefficient (Wildman–Crippen LogP) is 3.16. The van der Waals surface area contributed by atoms with Crippen LogP contribution in [0.15, 0.2) is 18.2 Å². The van der Waals surface area contributed by atoms with Crippen molar-refractivity contribution in [3.05, 3.63) is 29.6 Å². The van der Waals surface area contributed by atoms with Gasteiger partial charge in [0.2, 0.25) is 5.91 Å². The van der Waals surface area contributed by atoms with Crippen molar-refractivity contribution < 1.29 is 9.18 Å². The first-order valence-corrected chi connectivity index (χ1v) is 6.89. The lowest BCUT2D eigenvalue weighted by atomic mass is 9.83. The van der Waals surface area contributed by atoms with Crippen LogP contribution in [-0.2, 0) is 0 Å². The number of anilines is 1. The lowest BCUT2D eigenvalue weighted by molar-refractivity contribution is 0.100. The number of carbonyl (C=O) groups is 1. The van der Waals surface area contributed by atoms with Gasteiger partial charge in [0.1, 0.15) is 5.82 Å². The normalized spacial score (nSPS) is 23.1. The van der Waals surface area contributed by atoms with E-state index in [4.69, 9.17) is 5.73 Å². The Morgan fingerprint density at radius 1 is 1.37 bits per heavy atom. The summed E-state index contributed by atoms with van der Waals surface area (Å²) in [6, 6.07) is 4.18. The second kappa shape index (κ2) is 6.04. The van der Waals surface area contributed by atoms with E-state index in [0.717, 1.165) is 12.5 Å². The van der Waals surface area contributed by atoms with Crippen LogP contribution in [0.5, 0.6) is 0 Å². The Labute approximate surface area is 113 Å². The first-order valence-electron chi connectivity index (χ1n) is 6.89. The molecule has 3 nitrogen and oxygen atoms in total. The molecule has 1 fully saturated rings. The lowest BCUT2D eigenvalue weighted by Crippen LogP contribution is -2.21. The molecule has 0 radical (unpaired) electrons. The molecule has 3 N–H and O–H groups in total. The summed E-state index contributed by atoms with van der Waals surface area (Å²) in [5.74, 6) is 0.530. The van der Waals surface area contributed by atoms with E-state index in [0.29, 0.717) is 17.2 Å². The van der Waals surface area contributed by atoms with E-state index in [2.05, 4.69) is 12.2 Å². The van der Waals surface area contributed by atoms with Crippen LogP contribution in [0.1, 0.15) is 43.0 Å². The number of carbonyl (C=O) groups excluding carboxylic acids is 1. The molecular formula is C15H21FN2O. The molecule has 4 heteroatoms. The van der Waals surface area contributed by atoms with Gasteiger partial charge in [-0.3, -0.25) is 4.79 Å². The number of hydrogen-bond donors (Lipinski definition) is 2. The number of amides is 1. The maximum absolute atomic E-state index is 13.6. The van der Waals surface area contributed by atoms with E-state index in [1.54, 1.807) is 0 Å². The van der Waals surface area contributed by atoms with Gasteiger partial charge in [-0.15, -0.1) is 0 Å². The molecular weight excluding hydrogens is 243 g/mol. The Morgan fingerprint density at radius 3 is 2.68 bits per heavy atom. The predicted molar refractivity (Wildman–Crippen MR) is 74.5 cm³/mol. The van der Waals surface area contributed by atoms with Crippen molar-refractivity contribution in [2.45, 2.75) is 32.6 Å². The van der Waals surface area contributed by atoms with E-state index >= 15 is 0 Å². The molecule has 0 aromatic heterocycles. The monoisotopic (exact) mass is 264 g/mol. The average molecular weight is 264 g/mol. The van der Waals surface area contributed by atoms with Gasteiger partial charge in [-0.05, 0) is 42.9 Å². The molecule has 0 bridgehead atoms. The third-order valence-corrected chi connectivity index (χ3v) is 3.97. The minimum atomic E-state index is -0.533. The molecule has 0 aliphatic heterocycles. The number of primary amides is 1. The summed E-state index contributed by atoms with van der Waals surface area (Å²) in [4.78, 5) is 11.1. The van der Waals surface area contributed by atoms with E-state index in [1.807, 2.05) is 0 Å². The molecule has 0 saturated heterocycles. The molecule has 19 heavy (non-hydrogen) atoms. The summed E-state index contributed by atoms with van der Waals surface area (Å²) in [6.07, 6.45) is 4.86. The smallest absolute Gasteiger partial charge is 0.248 e. The molecule has 1 aromatic carbocycles. The molecule has 2 rings (SSSR count). The molecule has 1 aliphatic rings. The van der Waals surface area contributed by atoms with E-state index in [-0.39, 0.29) is 5.82 Å². The van der Waals surface area contributed by atoms with Crippen molar-refractivity contribution in [1.82, 2.24) is 0 Å². The van der Waals surface area contributed by atoms with E-state index in [1.165, 1.54) is 43.9 Å². The highest BCUT2D eigenvalue weighted by Gasteiger charge is 2.18. The fourth-order valence-electron chi connectivity index (χ4n) is 2.60. The zero-order valence-corrected chi connectivity index (χ0v) is 11.3. The molecule has 0 heterocycles. The summed E-state index contributed by atoms with van der Waals surface area (Å²) < 4.78 is 13.6. The van der Waals surface area contributed by atoms with E-state index < -0.39 is 5.91 Å². The summed E-state index contributed by atoms with van der Waals surface area (Å²) in [5.41, 5.74) is 5.90.